The Balaban J connectivity index is 1.23. The molecule has 0 saturated carbocycles. The zero-order valence-electron chi connectivity index (χ0n) is 19.4. The second-order valence-electron chi connectivity index (χ2n) is 8.30. The first-order chi connectivity index (χ1) is 16.6. The molecule has 0 atom stereocenters. The summed E-state index contributed by atoms with van der Waals surface area (Å²) in [6.45, 7) is 4.21. The highest BCUT2D eigenvalue weighted by molar-refractivity contribution is 5.95. The molecule has 1 heterocycles. The fourth-order valence-electron chi connectivity index (χ4n) is 3.97. The van der Waals surface area contributed by atoms with E-state index in [0.717, 1.165) is 29.9 Å². The van der Waals surface area contributed by atoms with Crippen molar-refractivity contribution in [2.45, 2.75) is 32.4 Å². The maximum Gasteiger partial charge on any atom is 0.253 e. The fraction of sp³-hybridized carbons (Fsp3) is 0.286. The molecule has 1 aliphatic rings. The first kappa shape index (κ1) is 23.4. The van der Waals surface area contributed by atoms with Gasteiger partial charge in [-0.1, -0.05) is 30.3 Å². The Kier molecular flexibility index (Phi) is 7.81. The van der Waals surface area contributed by atoms with E-state index < -0.39 is 0 Å². The van der Waals surface area contributed by atoms with Gasteiger partial charge in [-0.2, -0.15) is 0 Å². The zero-order valence-corrected chi connectivity index (χ0v) is 19.4. The average Bonchev–Trinajstić information content (AvgIpc) is 2.89. The summed E-state index contributed by atoms with van der Waals surface area (Å²) in [6.07, 6.45) is 1.47. The fourth-order valence-corrected chi connectivity index (χ4v) is 3.97. The van der Waals surface area contributed by atoms with Crippen molar-refractivity contribution in [3.63, 3.8) is 0 Å². The van der Waals surface area contributed by atoms with Crippen LogP contribution in [0.3, 0.4) is 0 Å². The molecular formula is C28H30N2O4. The normalized spacial score (nSPS) is 13.9. The minimum Gasteiger partial charge on any atom is -0.494 e. The van der Waals surface area contributed by atoms with Gasteiger partial charge in [-0.05, 0) is 73.9 Å². The van der Waals surface area contributed by atoms with Crippen molar-refractivity contribution in [3.05, 3.63) is 95.6 Å². The Morgan fingerprint density at radius 3 is 2.09 bits per heavy atom. The van der Waals surface area contributed by atoms with E-state index in [1.54, 1.807) is 12.1 Å². The number of nitrogens with zero attached hydrogens (tertiary/aromatic N) is 1. The van der Waals surface area contributed by atoms with E-state index in [1.807, 2.05) is 78.6 Å². The van der Waals surface area contributed by atoms with E-state index in [9.17, 15) is 9.59 Å². The molecule has 0 unspecified atom stereocenters. The molecule has 1 aliphatic heterocycles. The highest BCUT2D eigenvalue weighted by Crippen LogP contribution is 2.18. The van der Waals surface area contributed by atoms with Crippen molar-refractivity contribution in [1.29, 1.82) is 0 Å². The molecule has 3 aromatic carbocycles. The average molecular weight is 459 g/mol. The van der Waals surface area contributed by atoms with Gasteiger partial charge in [0.05, 0.1) is 6.61 Å². The molecule has 0 aliphatic carbocycles. The smallest absolute Gasteiger partial charge is 0.253 e. The largest absolute Gasteiger partial charge is 0.494 e. The van der Waals surface area contributed by atoms with Crippen LogP contribution in [0, 0.1) is 0 Å². The Labute approximate surface area is 200 Å². The number of carbonyl (C=O) groups excluding carboxylic acids is 2. The summed E-state index contributed by atoms with van der Waals surface area (Å²) in [5, 5.41) is 3.11. The molecule has 1 saturated heterocycles. The van der Waals surface area contributed by atoms with Crippen LogP contribution in [0.15, 0.2) is 78.9 Å². The molecule has 3 aromatic rings. The van der Waals surface area contributed by atoms with Gasteiger partial charge in [-0.15, -0.1) is 0 Å². The highest BCUT2D eigenvalue weighted by atomic mass is 16.5. The predicted octanol–water partition coefficient (Wildman–Crippen LogP) is 4.70. The van der Waals surface area contributed by atoms with E-state index >= 15 is 0 Å². The molecule has 1 N–H and O–H groups in total. The van der Waals surface area contributed by atoms with Crippen LogP contribution < -0.4 is 14.8 Å². The monoisotopic (exact) mass is 458 g/mol. The molecule has 0 bridgehead atoms. The van der Waals surface area contributed by atoms with Crippen molar-refractivity contribution in [3.8, 4) is 11.5 Å². The molecule has 0 radical (unpaired) electrons. The summed E-state index contributed by atoms with van der Waals surface area (Å²) in [4.78, 5) is 27.3. The van der Waals surface area contributed by atoms with Gasteiger partial charge in [-0.3, -0.25) is 9.59 Å². The van der Waals surface area contributed by atoms with Crippen molar-refractivity contribution >= 4 is 11.8 Å². The topological polar surface area (TPSA) is 67.9 Å². The lowest BCUT2D eigenvalue weighted by atomic mass is 10.0. The molecule has 34 heavy (non-hydrogen) atoms. The van der Waals surface area contributed by atoms with Gasteiger partial charge in [0.2, 0.25) is 0 Å². The lowest BCUT2D eigenvalue weighted by molar-refractivity contribution is 0.0698. The standard InChI is InChI=1S/C28H30N2O4/c1-2-33-26-14-12-23(13-15-26)28(32)30-18-16-24(17-19-30)29-27(31)22-10-8-21(9-11-22)20-34-25-6-4-3-5-7-25/h3-15,24H,2,16-20H2,1H3,(H,29,31). The van der Waals surface area contributed by atoms with Gasteiger partial charge < -0.3 is 19.7 Å². The second kappa shape index (κ2) is 11.4. The van der Waals surface area contributed by atoms with Gasteiger partial charge in [-0.25, -0.2) is 0 Å². The summed E-state index contributed by atoms with van der Waals surface area (Å²) in [7, 11) is 0. The van der Waals surface area contributed by atoms with Crippen LogP contribution >= 0.6 is 0 Å². The van der Waals surface area contributed by atoms with Crippen LogP contribution in [-0.2, 0) is 6.61 Å². The maximum atomic E-state index is 12.8. The number of amides is 2. The van der Waals surface area contributed by atoms with Crippen molar-refractivity contribution in [2.24, 2.45) is 0 Å². The highest BCUT2D eigenvalue weighted by Gasteiger charge is 2.25. The Hall–Kier alpha value is -3.80. The van der Waals surface area contributed by atoms with Crippen LogP contribution in [0.25, 0.3) is 0 Å². The van der Waals surface area contributed by atoms with Crippen LogP contribution in [0.5, 0.6) is 11.5 Å². The van der Waals surface area contributed by atoms with E-state index in [-0.39, 0.29) is 17.9 Å². The number of ether oxygens (including phenoxy) is 2. The summed E-state index contributed by atoms with van der Waals surface area (Å²) in [6, 6.07) is 24.4. The molecule has 1 fully saturated rings. The summed E-state index contributed by atoms with van der Waals surface area (Å²) in [5.41, 5.74) is 2.28. The van der Waals surface area contributed by atoms with Gasteiger partial charge in [0.25, 0.3) is 11.8 Å². The van der Waals surface area contributed by atoms with Gasteiger partial charge in [0, 0.05) is 30.3 Å². The number of rotatable bonds is 8. The molecule has 2 amide bonds. The zero-order chi connectivity index (χ0) is 23.8. The Bertz CT molecular complexity index is 1070. The number of hydrogen-bond acceptors (Lipinski definition) is 4. The van der Waals surface area contributed by atoms with Crippen molar-refractivity contribution < 1.29 is 19.1 Å². The number of benzene rings is 3. The van der Waals surface area contributed by atoms with E-state index in [2.05, 4.69) is 5.32 Å². The lowest BCUT2D eigenvalue weighted by Gasteiger charge is -2.32. The number of nitrogens with one attached hydrogen (secondary N) is 1. The second-order valence-corrected chi connectivity index (χ2v) is 8.30. The molecule has 4 rings (SSSR count). The third-order valence-corrected chi connectivity index (χ3v) is 5.89. The van der Waals surface area contributed by atoms with Gasteiger partial charge in [0.1, 0.15) is 18.1 Å². The molecular weight excluding hydrogens is 428 g/mol. The van der Waals surface area contributed by atoms with Crippen LogP contribution in [0.1, 0.15) is 46.0 Å². The van der Waals surface area contributed by atoms with E-state index in [0.29, 0.717) is 37.4 Å². The Morgan fingerprint density at radius 2 is 1.44 bits per heavy atom. The number of likely N-dealkylation sites (tertiary alicyclic amines) is 1. The van der Waals surface area contributed by atoms with E-state index in [4.69, 9.17) is 9.47 Å². The molecule has 6 nitrogen and oxygen atoms in total. The third-order valence-electron chi connectivity index (χ3n) is 5.89. The minimum atomic E-state index is -0.0909. The number of para-hydroxylation sites is 1. The van der Waals surface area contributed by atoms with Crippen LogP contribution in [-0.4, -0.2) is 42.5 Å². The first-order valence-electron chi connectivity index (χ1n) is 11.7. The third kappa shape index (κ3) is 6.16. The van der Waals surface area contributed by atoms with Gasteiger partial charge in [0.15, 0.2) is 0 Å². The molecule has 6 heteroatoms. The van der Waals surface area contributed by atoms with Gasteiger partial charge >= 0.3 is 0 Å². The van der Waals surface area contributed by atoms with E-state index in [1.165, 1.54) is 0 Å². The SMILES string of the molecule is CCOc1ccc(C(=O)N2CCC(NC(=O)c3ccc(COc4ccccc4)cc3)CC2)cc1. The number of hydrogen-bond donors (Lipinski definition) is 1. The summed E-state index contributed by atoms with van der Waals surface area (Å²) >= 11 is 0. The first-order valence-corrected chi connectivity index (χ1v) is 11.7. The number of carbonyl (C=O) groups is 2. The molecule has 0 spiro atoms. The minimum absolute atomic E-state index is 0.0149. The van der Waals surface area contributed by atoms with Crippen molar-refractivity contribution in [1.82, 2.24) is 10.2 Å². The van der Waals surface area contributed by atoms with Crippen molar-refractivity contribution in [2.75, 3.05) is 19.7 Å². The number of piperidine rings is 1. The predicted molar refractivity (Wildman–Crippen MR) is 131 cm³/mol. The van der Waals surface area contributed by atoms with Crippen LogP contribution in [0.4, 0.5) is 0 Å². The summed E-state index contributed by atoms with van der Waals surface area (Å²) in [5.74, 6) is 1.50. The molecule has 176 valence electrons. The Morgan fingerprint density at radius 1 is 0.824 bits per heavy atom. The quantitative estimate of drug-likeness (QED) is 0.531. The maximum absolute atomic E-state index is 12.8. The van der Waals surface area contributed by atoms with Crippen LogP contribution in [0.2, 0.25) is 0 Å². The summed E-state index contributed by atoms with van der Waals surface area (Å²) < 4.78 is 11.2. The lowest BCUT2D eigenvalue weighted by Crippen LogP contribution is -2.46. The molecule has 0 aromatic heterocycles.